The molecule has 61 heavy (non-hydrogen) atoms. The van der Waals surface area contributed by atoms with Crippen LogP contribution in [-0.4, -0.2) is 0 Å². The third-order valence-corrected chi connectivity index (χ3v) is 13.9. The highest BCUT2D eigenvalue weighted by Gasteiger charge is 2.39. The topological polar surface area (TPSA) is 0 Å². The van der Waals surface area contributed by atoms with E-state index in [0.29, 0.717) is 5.92 Å². The SMILES string of the molecule is C=CC1=C(/C=C\C)c2c(Cc3ccccc3C3=CC4=C(CC3)C(C)(C)c3ccccc34)cccc2C1(C)C.CC.Cc1ccc(-c2ccc3c(c2)-c2ccccc2C3C)cc1. The van der Waals surface area contributed by atoms with Gasteiger partial charge >= 0.3 is 0 Å². The summed E-state index contributed by atoms with van der Waals surface area (Å²) in [6, 6.07) is 49.4. The zero-order chi connectivity index (χ0) is 43.1. The van der Waals surface area contributed by atoms with Gasteiger partial charge in [-0.3, -0.25) is 0 Å². The molecule has 6 aromatic rings. The number of fused-ring (bicyclic) bond motifs is 6. The van der Waals surface area contributed by atoms with E-state index in [9.17, 15) is 0 Å². The average Bonchev–Trinajstić information content (AvgIpc) is 3.80. The van der Waals surface area contributed by atoms with Crippen molar-refractivity contribution in [1.29, 1.82) is 0 Å². The van der Waals surface area contributed by atoms with Gasteiger partial charge < -0.3 is 0 Å². The second-order valence-corrected chi connectivity index (χ2v) is 18.0. The minimum absolute atomic E-state index is 0.0428. The summed E-state index contributed by atoms with van der Waals surface area (Å²) < 4.78 is 0. The van der Waals surface area contributed by atoms with Crippen LogP contribution in [0.25, 0.3) is 39.0 Å². The third kappa shape index (κ3) is 7.25. The van der Waals surface area contributed by atoms with Gasteiger partial charge in [-0.25, -0.2) is 0 Å². The van der Waals surface area contributed by atoms with Crippen molar-refractivity contribution < 1.29 is 0 Å². The van der Waals surface area contributed by atoms with Crippen molar-refractivity contribution in [2.75, 3.05) is 0 Å². The second kappa shape index (κ2) is 16.8. The van der Waals surface area contributed by atoms with Gasteiger partial charge in [0.25, 0.3) is 0 Å². The highest BCUT2D eigenvalue weighted by molar-refractivity contribution is 5.94. The Balaban J connectivity index is 0.000000188. The molecule has 10 rings (SSSR count). The maximum absolute atomic E-state index is 4.19. The normalized spacial score (nSPS) is 17.3. The molecule has 0 heteroatoms. The van der Waals surface area contributed by atoms with E-state index < -0.39 is 0 Å². The molecule has 1 unspecified atom stereocenters. The van der Waals surface area contributed by atoms with Crippen LogP contribution < -0.4 is 0 Å². The first-order chi connectivity index (χ1) is 29.5. The summed E-state index contributed by atoms with van der Waals surface area (Å²) >= 11 is 0. The fraction of sp³-hybridized carbons (Fsp3) is 0.246. The lowest BCUT2D eigenvalue weighted by molar-refractivity contribution is 0.609. The van der Waals surface area contributed by atoms with Crippen molar-refractivity contribution in [2.45, 2.75) is 98.3 Å². The van der Waals surface area contributed by atoms with E-state index in [-0.39, 0.29) is 10.8 Å². The molecule has 4 aliphatic rings. The number of hydrogen-bond donors (Lipinski definition) is 0. The van der Waals surface area contributed by atoms with Crippen molar-refractivity contribution in [3.05, 3.63) is 231 Å². The number of hydrogen-bond acceptors (Lipinski definition) is 0. The van der Waals surface area contributed by atoms with Crippen molar-refractivity contribution in [3.63, 3.8) is 0 Å². The number of benzene rings is 6. The van der Waals surface area contributed by atoms with Crippen LogP contribution >= 0.6 is 0 Å². The van der Waals surface area contributed by atoms with Crippen molar-refractivity contribution in [2.24, 2.45) is 0 Å². The molecule has 0 N–H and O–H groups in total. The molecule has 4 aliphatic carbocycles. The van der Waals surface area contributed by atoms with Crippen molar-refractivity contribution in [1.82, 2.24) is 0 Å². The molecule has 0 aliphatic heterocycles. The first-order valence-electron chi connectivity index (χ1n) is 22.6. The largest absolute Gasteiger partial charge is 0.0987 e. The minimum Gasteiger partial charge on any atom is -0.0987 e. The summed E-state index contributed by atoms with van der Waals surface area (Å²) in [6.07, 6.45) is 12.1. The van der Waals surface area contributed by atoms with Gasteiger partial charge in [-0.1, -0.05) is 218 Å². The van der Waals surface area contributed by atoms with Crippen LogP contribution in [0.1, 0.15) is 130 Å². The predicted octanol–water partition coefficient (Wildman–Crippen LogP) is 16.8. The Morgan fingerprint density at radius 3 is 1.98 bits per heavy atom. The average molecular weight is 795 g/mol. The Morgan fingerprint density at radius 2 is 1.25 bits per heavy atom. The monoisotopic (exact) mass is 794 g/mol. The summed E-state index contributed by atoms with van der Waals surface area (Å²) in [6.45, 7) is 24.2. The summed E-state index contributed by atoms with van der Waals surface area (Å²) in [5.41, 5.74) is 26.7. The van der Waals surface area contributed by atoms with Crippen LogP contribution in [0.5, 0.6) is 0 Å². The molecular formula is C61H62. The van der Waals surface area contributed by atoms with Gasteiger partial charge in [0.15, 0.2) is 0 Å². The zero-order valence-electron chi connectivity index (χ0n) is 37.9. The second-order valence-electron chi connectivity index (χ2n) is 18.0. The molecule has 0 saturated heterocycles. The van der Waals surface area contributed by atoms with Crippen LogP contribution in [0.15, 0.2) is 175 Å². The number of rotatable bonds is 6. The molecule has 6 aromatic carbocycles. The van der Waals surface area contributed by atoms with Gasteiger partial charge in [0.2, 0.25) is 0 Å². The smallest absolute Gasteiger partial charge is 0.0158 e. The van der Waals surface area contributed by atoms with E-state index in [1.807, 2.05) is 13.8 Å². The quantitative estimate of drug-likeness (QED) is 0.158. The number of aryl methyl sites for hydroxylation is 1. The van der Waals surface area contributed by atoms with E-state index in [2.05, 4.69) is 213 Å². The van der Waals surface area contributed by atoms with Crippen LogP contribution in [0.2, 0.25) is 0 Å². The Bertz CT molecular complexity index is 2770. The van der Waals surface area contributed by atoms with E-state index in [1.165, 1.54) is 100 Å². The molecule has 0 spiro atoms. The van der Waals surface area contributed by atoms with Crippen molar-refractivity contribution >= 4 is 16.7 Å². The molecular weight excluding hydrogens is 733 g/mol. The van der Waals surface area contributed by atoms with Gasteiger partial charge in [0, 0.05) is 16.7 Å². The first-order valence-corrected chi connectivity index (χ1v) is 22.6. The molecule has 0 radical (unpaired) electrons. The molecule has 0 nitrogen and oxygen atoms in total. The third-order valence-electron chi connectivity index (χ3n) is 13.9. The molecule has 0 heterocycles. The van der Waals surface area contributed by atoms with Gasteiger partial charge in [0.1, 0.15) is 0 Å². The van der Waals surface area contributed by atoms with Crippen LogP contribution in [0, 0.1) is 6.92 Å². The van der Waals surface area contributed by atoms with Gasteiger partial charge in [-0.15, -0.1) is 0 Å². The van der Waals surface area contributed by atoms with E-state index >= 15 is 0 Å². The van der Waals surface area contributed by atoms with Gasteiger partial charge in [0.05, 0.1) is 0 Å². The van der Waals surface area contributed by atoms with Gasteiger partial charge in [-0.05, 0) is 134 Å². The molecule has 1 atom stereocenters. The highest BCUT2D eigenvalue weighted by atomic mass is 14.4. The fourth-order valence-electron chi connectivity index (χ4n) is 10.7. The fourth-order valence-corrected chi connectivity index (χ4v) is 10.7. The molecule has 0 saturated carbocycles. The standard InChI is InChI=1S/C38H38.C21H18.C2H6/c1-7-14-30-32(8-2)37(3,4)35-20-13-16-27(36(30)35)23-25-15-9-10-17-28(25)26-21-22-34-31(24-26)29-18-11-12-19-33(29)38(34,5)6;1-14-7-9-16(10-8-14)17-11-12-19-15(2)18-5-3-4-6-20(18)21(19)13-17;1-2/h7-20,24H,2,21-23H2,1,3-6H3;3-13,15H,1-2H3;1-2H3/b14-7-;;. The molecule has 0 fully saturated rings. The van der Waals surface area contributed by atoms with E-state index in [1.54, 1.807) is 5.57 Å². The van der Waals surface area contributed by atoms with Gasteiger partial charge in [-0.2, -0.15) is 0 Å². The minimum atomic E-state index is -0.0428. The molecule has 306 valence electrons. The number of allylic oxidation sites excluding steroid dienone is 9. The lowest BCUT2D eigenvalue weighted by atomic mass is 9.76. The summed E-state index contributed by atoms with van der Waals surface area (Å²) in [7, 11) is 0. The lowest BCUT2D eigenvalue weighted by Gasteiger charge is -2.27. The maximum Gasteiger partial charge on any atom is 0.0158 e. The van der Waals surface area contributed by atoms with E-state index in [4.69, 9.17) is 0 Å². The zero-order valence-corrected chi connectivity index (χ0v) is 37.9. The molecule has 0 aromatic heterocycles. The highest BCUT2D eigenvalue weighted by Crippen LogP contribution is 2.53. The molecule has 0 amide bonds. The van der Waals surface area contributed by atoms with Crippen LogP contribution in [0.3, 0.4) is 0 Å². The van der Waals surface area contributed by atoms with E-state index in [0.717, 1.165) is 19.3 Å². The Morgan fingerprint density at radius 1 is 0.623 bits per heavy atom. The van der Waals surface area contributed by atoms with Crippen molar-refractivity contribution in [3.8, 4) is 22.3 Å². The molecule has 0 bridgehead atoms. The summed E-state index contributed by atoms with van der Waals surface area (Å²) in [5.74, 6) is 0.503. The summed E-state index contributed by atoms with van der Waals surface area (Å²) in [4.78, 5) is 0. The lowest BCUT2D eigenvalue weighted by Crippen LogP contribution is -2.18. The maximum atomic E-state index is 4.19. The Kier molecular flexibility index (Phi) is 11.5. The predicted molar refractivity (Wildman–Crippen MR) is 265 cm³/mol. The first kappa shape index (κ1) is 41.7. The summed E-state index contributed by atoms with van der Waals surface area (Å²) in [5, 5.41) is 0. The Labute approximate surface area is 366 Å². The van der Waals surface area contributed by atoms with Crippen LogP contribution in [0.4, 0.5) is 0 Å². The van der Waals surface area contributed by atoms with Crippen LogP contribution in [-0.2, 0) is 17.3 Å². The Hall–Kier alpha value is -5.98.